The van der Waals surface area contributed by atoms with Gasteiger partial charge in [-0.05, 0) is 97.6 Å². The van der Waals surface area contributed by atoms with Crippen LogP contribution in [0.25, 0.3) is 0 Å². The molecule has 0 unspecified atom stereocenters. The number of hydrogen-bond donors (Lipinski definition) is 3. The quantitative estimate of drug-likeness (QED) is 0.405. The summed E-state index contributed by atoms with van der Waals surface area (Å²) in [5, 5.41) is 2.97. The maximum absolute atomic E-state index is 13.1. The van der Waals surface area contributed by atoms with Crippen LogP contribution in [-0.4, -0.2) is 17.7 Å². The first-order valence-corrected chi connectivity index (χ1v) is 13.8. The highest BCUT2D eigenvalue weighted by Crippen LogP contribution is 2.46. The molecule has 0 aliphatic heterocycles. The van der Waals surface area contributed by atoms with Gasteiger partial charge in [-0.2, -0.15) is 0 Å². The lowest BCUT2D eigenvalue weighted by molar-refractivity contribution is -0.121. The predicted molar refractivity (Wildman–Crippen MR) is 146 cm³/mol. The lowest BCUT2D eigenvalue weighted by Gasteiger charge is -2.39. The third-order valence-electron chi connectivity index (χ3n) is 9.45. The molecule has 3 amide bonds. The Hall–Kier alpha value is -2.37. The van der Waals surface area contributed by atoms with Gasteiger partial charge in [-0.1, -0.05) is 48.0 Å². The van der Waals surface area contributed by atoms with E-state index in [2.05, 4.69) is 46.9 Å². The first-order valence-electron chi connectivity index (χ1n) is 13.8. The second-order valence-corrected chi connectivity index (χ2v) is 13.0. The third kappa shape index (κ3) is 6.30. The van der Waals surface area contributed by atoms with Gasteiger partial charge in [0.25, 0.3) is 0 Å². The number of anilines is 1. The van der Waals surface area contributed by atoms with Crippen LogP contribution in [-0.2, 0) is 4.79 Å². The zero-order valence-corrected chi connectivity index (χ0v) is 23.2. The van der Waals surface area contributed by atoms with Gasteiger partial charge in [-0.3, -0.25) is 14.4 Å². The van der Waals surface area contributed by atoms with E-state index in [9.17, 15) is 14.4 Å². The average Bonchev–Trinajstić information content (AvgIpc) is 2.83. The average molecular weight is 498 g/mol. The summed E-state index contributed by atoms with van der Waals surface area (Å²) < 4.78 is 0. The van der Waals surface area contributed by atoms with Crippen LogP contribution >= 0.6 is 0 Å². The molecule has 0 aromatic heterocycles. The van der Waals surface area contributed by atoms with Crippen molar-refractivity contribution in [2.24, 2.45) is 40.1 Å². The van der Waals surface area contributed by atoms with Crippen LogP contribution in [0, 0.1) is 28.6 Å². The second-order valence-electron chi connectivity index (χ2n) is 13.0. The van der Waals surface area contributed by atoms with E-state index in [0.717, 1.165) is 57.8 Å². The molecule has 200 valence electrons. The molecule has 0 heterocycles. The van der Waals surface area contributed by atoms with Gasteiger partial charge in [0.1, 0.15) is 0 Å². The van der Waals surface area contributed by atoms with Crippen LogP contribution in [0.15, 0.2) is 12.1 Å². The van der Waals surface area contributed by atoms with Crippen LogP contribution in [0.3, 0.4) is 0 Å². The largest absolute Gasteiger partial charge is 0.366 e. The number of carbonyl (C=O) groups excluding carboxylic acids is 3. The third-order valence-corrected chi connectivity index (χ3v) is 9.45. The number of rotatable bonds is 7. The fourth-order valence-corrected chi connectivity index (χ4v) is 6.49. The molecule has 6 nitrogen and oxygen atoms in total. The minimum Gasteiger partial charge on any atom is -0.366 e. The normalized spacial score (nSPS) is 25.3. The van der Waals surface area contributed by atoms with Crippen molar-refractivity contribution in [3.8, 4) is 0 Å². The Morgan fingerprint density at radius 1 is 0.806 bits per heavy atom. The molecule has 1 aromatic carbocycles. The van der Waals surface area contributed by atoms with E-state index in [1.165, 1.54) is 0 Å². The summed E-state index contributed by atoms with van der Waals surface area (Å²) in [7, 11) is 0. The highest BCUT2D eigenvalue weighted by molar-refractivity contribution is 6.04. The van der Waals surface area contributed by atoms with Crippen molar-refractivity contribution in [2.45, 2.75) is 105 Å². The van der Waals surface area contributed by atoms with Gasteiger partial charge in [0, 0.05) is 22.7 Å². The summed E-state index contributed by atoms with van der Waals surface area (Å²) in [4.78, 5) is 38.2. The Labute approximate surface area is 217 Å². The van der Waals surface area contributed by atoms with Crippen molar-refractivity contribution in [1.82, 2.24) is 0 Å². The minimum atomic E-state index is -0.592. The van der Waals surface area contributed by atoms with Crippen LogP contribution in [0.4, 0.5) is 5.69 Å². The van der Waals surface area contributed by atoms with Crippen molar-refractivity contribution in [3.63, 3.8) is 0 Å². The maximum atomic E-state index is 13.1. The summed E-state index contributed by atoms with van der Waals surface area (Å²) in [6.45, 7) is 13.6. The van der Waals surface area contributed by atoms with Crippen molar-refractivity contribution in [1.29, 1.82) is 0 Å². The maximum Gasteiger partial charge on any atom is 0.249 e. The molecule has 0 radical (unpaired) electrons. The van der Waals surface area contributed by atoms with E-state index in [4.69, 9.17) is 11.5 Å². The topological polar surface area (TPSA) is 115 Å². The molecule has 3 rings (SSSR count). The van der Waals surface area contributed by atoms with Crippen LogP contribution in [0.2, 0.25) is 0 Å². The van der Waals surface area contributed by atoms with Gasteiger partial charge in [0.2, 0.25) is 17.7 Å². The highest BCUT2D eigenvalue weighted by atomic mass is 16.2. The standard InChI is InChI=1S/C30H47N3O3/c1-7-30(5,6)21-14-8-18(9-15-21)25-23(26(31)34)16-22(17-24(25)27(32)35)33-28(36)19-10-12-20(13-11-19)29(2,3)4/h16-21H,7-15H2,1-6H3,(H2,31,34)(H2,32,35)(H,33,36). The molecule has 1 aromatic rings. The Balaban J connectivity index is 1.81. The highest BCUT2D eigenvalue weighted by Gasteiger charge is 2.36. The van der Waals surface area contributed by atoms with Crippen LogP contribution in [0.5, 0.6) is 0 Å². The number of hydrogen-bond acceptors (Lipinski definition) is 3. The van der Waals surface area contributed by atoms with Gasteiger partial charge in [0.05, 0.1) is 0 Å². The van der Waals surface area contributed by atoms with E-state index >= 15 is 0 Å². The molecule has 0 saturated heterocycles. The van der Waals surface area contributed by atoms with Crippen molar-refractivity contribution in [3.05, 3.63) is 28.8 Å². The van der Waals surface area contributed by atoms with Gasteiger partial charge in [-0.15, -0.1) is 0 Å². The molecule has 2 aliphatic rings. The molecule has 2 fully saturated rings. The number of nitrogens with one attached hydrogen (secondary N) is 1. The molecule has 2 aliphatic carbocycles. The molecule has 36 heavy (non-hydrogen) atoms. The Bertz CT molecular complexity index is 941. The monoisotopic (exact) mass is 497 g/mol. The second kappa shape index (κ2) is 10.9. The van der Waals surface area contributed by atoms with Gasteiger partial charge in [0.15, 0.2) is 0 Å². The smallest absolute Gasteiger partial charge is 0.249 e. The zero-order valence-electron chi connectivity index (χ0n) is 23.2. The predicted octanol–water partition coefficient (Wildman–Crippen LogP) is 6.39. The summed E-state index contributed by atoms with van der Waals surface area (Å²) in [6, 6.07) is 3.29. The van der Waals surface area contributed by atoms with E-state index in [-0.39, 0.29) is 28.6 Å². The van der Waals surface area contributed by atoms with Crippen LogP contribution in [0.1, 0.15) is 132 Å². The van der Waals surface area contributed by atoms with Crippen molar-refractivity contribution < 1.29 is 14.4 Å². The molecule has 5 N–H and O–H groups in total. The fourth-order valence-electron chi connectivity index (χ4n) is 6.49. The van der Waals surface area contributed by atoms with Gasteiger partial charge in [-0.25, -0.2) is 0 Å². The molecule has 0 atom stereocenters. The number of carbonyl (C=O) groups is 3. The van der Waals surface area contributed by atoms with Gasteiger partial charge >= 0.3 is 0 Å². The molecule has 0 spiro atoms. The summed E-state index contributed by atoms with van der Waals surface area (Å²) in [5.41, 5.74) is 13.8. The number of nitrogens with two attached hydrogens (primary N) is 2. The van der Waals surface area contributed by atoms with Crippen molar-refractivity contribution >= 4 is 23.4 Å². The first kappa shape index (κ1) is 28.2. The van der Waals surface area contributed by atoms with Crippen molar-refractivity contribution in [2.75, 3.05) is 5.32 Å². The Morgan fingerprint density at radius 3 is 1.69 bits per heavy atom. The Kier molecular flexibility index (Phi) is 8.57. The first-order chi connectivity index (χ1) is 16.7. The molecule has 2 saturated carbocycles. The molecule has 6 heteroatoms. The number of amides is 3. The molecule has 0 bridgehead atoms. The molecular formula is C30H47N3O3. The summed E-state index contributed by atoms with van der Waals surface area (Å²) in [6.07, 6.45) is 8.70. The lowest BCUT2D eigenvalue weighted by atomic mass is 9.66. The van der Waals surface area contributed by atoms with E-state index < -0.39 is 11.8 Å². The fraction of sp³-hybridized carbons (Fsp3) is 0.700. The van der Waals surface area contributed by atoms with Crippen LogP contribution < -0.4 is 16.8 Å². The van der Waals surface area contributed by atoms with E-state index in [0.29, 0.717) is 34.2 Å². The number of primary amides is 2. The minimum absolute atomic E-state index is 0.0522. The van der Waals surface area contributed by atoms with E-state index in [1.807, 2.05) is 0 Å². The van der Waals surface area contributed by atoms with Gasteiger partial charge < -0.3 is 16.8 Å². The summed E-state index contributed by atoms with van der Waals surface area (Å²) >= 11 is 0. The van der Waals surface area contributed by atoms with E-state index in [1.54, 1.807) is 12.1 Å². The lowest BCUT2D eigenvalue weighted by Crippen LogP contribution is -2.32. The molecular weight excluding hydrogens is 450 g/mol. The summed E-state index contributed by atoms with van der Waals surface area (Å²) in [5.74, 6) is -0.0498. The Morgan fingerprint density at radius 2 is 1.28 bits per heavy atom. The number of benzene rings is 1. The SMILES string of the molecule is CCC(C)(C)C1CCC(c2c(C(N)=O)cc(NC(=O)C3CCC(C(C)(C)C)CC3)cc2C(N)=O)CC1. The zero-order chi connectivity index (χ0) is 26.8.